The van der Waals surface area contributed by atoms with E-state index in [0.717, 1.165) is 110 Å². The van der Waals surface area contributed by atoms with E-state index in [1.54, 1.807) is 11.8 Å². The Kier molecular flexibility index (Phi) is 98.9. The maximum absolute atomic E-state index is 10.6. The van der Waals surface area contributed by atoms with Crippen molar-refractivity contribution in [3.8, 4) is 0 Å². The molecule has 6 aliphatic carbocycles. The number of nitrogens with one attached hydrogen (secondary N) is 8. The molecule has 0 aromatic rings. The number of aliphatic imine (C=N–C) groups is 2. The Bertz CT molecular complexity index is 2080. The third kappa shape index (κ3) is 104. The average Bonchev–Trinajstić information content (AvgIpc) is 1.88. The lowest BCUT2D eigenvalue weighted by atomic mass is 10.0. The van der Waals surface area contributed by atoms with Crippen LogP contribution in [-0.4, -0.2) is 231 Å². The zero-order valence-corrected chi connectivity index (χ0v) is 82.3. The van der Waals surface area contributed by atoms with Gasteiger partial charge < -0.3 is 61.5 Å². The molecule has 121 heavy (non-hydrogen) atoms. The molecule has 8 N–H and O–H groups in total. The van der Waals surface area contributed by atoms with Gasteiger partial charge in [0.2, 0.25) is 0 Å². The van der Waals surface area contributed by atoms with Crippen molar-refractivity contribution in [1.29, 1.82) is 0 Å². The molecule has 0 unspecified atom stereocenters. The molecule has 0 atom stereocenters. The summed E-state index contributed by atoms with van der Waals surface area (Å²) in [4.78, 5) is 17.9. The van der Waals surface area contributed by atoms with Gasteiger partial charge in [0, 0.05) is 115 Å². The van der Waals surface area contributed by atoms with Gasteiger partial charge in [-0.2, -0.15) is 23.5 Å². The molecule has 15 heterocycles. The van der Waals surface area contributed by atoms with E-state index in [4.69, 9.17) is 14.2 Å². The van der Waals surface area contributed by atoms with Gasteiger partial charge in [0.25, 0.3) is 0 Å². The number of carbonyl (C=O) groups is 1. The fourth-order valence-electron chi connectivity index (χ4n) is 13.0. The monoisotopic (exact) mass is 1820 g/mol. The summed E-state index contributed by atoms with van der Waals surface area (Å²) in [6.07, 6.45) is 91.1. The highest BCUT2D eigenvalue weighted by atomic mass is 32.2. The van der Waals surface area contributed by atoms with Gasteiger partial charge in [-0.15, -0.1) is 11.8 Å². The third-order valence-electron chi connectivity index (χ3n) is 21.5. The molecule has 712 valence electrons. The van der Waals surface area contributed by atoms with Crippen LogP contribution in [0, 0.1) is 0 Å². The van der Waals surface area contributed by atoms with Gasteiger partial charge in [0.15, 0.2) is 21.4 Å². The summed E-state index contributed by atoms with van der Waals surface area (Å²) in [5, 5.41) is 29.5. The number of piperidine rings is 2. The number of carbonyl (C=O) groups excluding carboxylic acids is 1. The van der Waals surface area contributed by atoms with Gasteiger partial charge in [-0.05, 0) is 215 Å². The van der Waals surface area contributed by atoms with Gasteiger partial charge >= 0.3 is 0 Å². The summed E-state index contributed by atoms with van der Waals surface area (Å²) in [7, 11) is -5.19. The number of ether oxygens (including phenoxy) is 4. The zero-order valence-electron chi connectivity index (χ0n) is 77.4. The lowest BCUT2D eigenvalue weighted by Gasteiger charge is -2.10. The second-order valence-corrected chi connectivity index (χ2v) is 42.0. The van der Waals surface area contributed by atoms with E-state index in [-0.39, 0.29) is 0 Å². The molecule has 0 radical (unpaired) electrons. The highest BCUT2D eigenvalue weighted by molar-refractivity contribution is 8.14. The van der Waals surface area contributed by atoms with Crippen molar-refractivity contribution in [2.45, 2.75) is 347 Å². The summed E-state index contributed by atoms with van der Waals surface area (Å²) < 4.78 is 61.9. The van der Waals surface area contributed by atoms with Crippen molar-refractivity contribution >= 4 is 84.5 Å². The molecular weight excluding hydrogens is 1630 g/mol. The van der Waals surface area contributed by atoms with Crippen LogP contribution in [0.25, 0.3) is 0 Å². The van der Waals surface area contributed by atoms with Crippen LogP contribution in [0.3, 0.4) is 0 Å². The number of hydrogen-bond acceptors (Lipinski definition) is 23. The number of hydrogen-bond donors (Lipinski definition) is 8. The SMILES string of the molecule is C1=CCCC1.C1=CNCCC1.C1=CSC=CN1.C1=NCCC1.C1=NCCO1.C1CCC1.C1CCC1.C1CCCC1.C1CCCCCC1.C1CCCCCC1.C1CCCOCC1.C1CCNC1.C1CCNCC1.C1CCNCC1.C1CCOC1.C1CCSC1.C1COCCN1.C1CSCCN1.O=C1CCCS1.O=S1(=O)CCCC1.O=S1(=O)CCNCC1. The first-order valence-electron chi connectivity index (χ1n) is 49.8. The minimum atomic E-state index is -2.65. The zero-order chi connectivity index (χ0) is 86.5. The van der Waals surface area contributed by atoms with E-state index in [2.05, 4.69) is 87.2 Å². The topological polar surface area (TPSA) is 243 Å². The van der Waals surface area contributed by atoms with Crippen LogP contribution >= 0.6 is 47.0 Å². The number of morpholine rings is 1. The van der Waals surface area contributed by atoms with Crippen molar-refractivity contribution in [1.82, 2.24) is 42.5 Å². The predicted molar refractivity (Wildman–Crippen MR) is 536 cm³/mol. The molecule has 15 aliphatic heterocycles. The van der Waals surface area contributed by atoms with Crippen LogP contribution < -0.4 is 42.5 Å². The molecule has 11 saturated heterocycles. The van der Waals surface area contributed by atoms with Crippen molar-refractivity contribution in [3.05, 3.63) is 47.6 Å². The van der Waals surface area contributed by atoms with Crippen molar-refractivity contribution < 1.29 is 40.6 Å². The normalized spacial score (nSPS) is 23.4. The second-order valence-electron chi connectivity index (χ2n) is 33.0. The Balaban J connectivity index is 0.000000636. The summed E-state index contributed by atoms with van der Waals surface area (Å²) in [5.41, 5.74) is 0. The van der Waals surface area contributed by atoms with Gasteiger partial charge in [0.1, 0.15) is 16.4 Å². The number of allylic oxidation sites excluding steroid dienone is 3. The molecule has 25 heteroatoms. The molecular formula is C96H188N10O9S6. The van der Waals surface area contributed by atoms with E-state index in [0.29, 0.717) is 41.2 Å². The van der Waals surface area contributed by atoms with Crippen molar-refractivity contribution in [2.75, 3.05) is 196 Å². The first-order chi connectivity index (χ1) is 59.8. The molecule has 0 spiro atoms. The Hall–Kier alpha value is -1.69. The second kappa shape index (κ2) is 102. The smallest absolute Gasteiger partial charge is 0.188 e. The minimum Gasteiger partial charge on any atom is -0.482 e. The number of nitrogens with zero attached hydrogens (tertiary/aromatic N) is 2. The highest BCUT2D eigenvalue weighted by Crippen LogP contribution is 2.20. The molecule has 21 aliphatic rings. The molecule has 0 amide bonds. The van der Waals surface area contributed by atoms with Gasteiger partial charge in [-0.25, -0.2) is 16.8 Å². The van der Waals surface area contributed by atoms with E-state index >= 15 is 0 Å². The van der Waals surface area contributed by atoms with E-state index in [9.17, 15) is 21.6 Å². The summed E-state index contributed by atoms with van der Waals surface area (Å²) >= 11 is 7.24. The summed E-state index contributed by atoms with van der Waals surface area (Å²) in [6.45, 7) is 22.9. The largest absolute Gasteiger partial charge is 0.482 e. The molecule has 0 aromatic heterocycles. The fourth-order valence-corrected chi connectivity index (χ4v) is 18.7. The molecule has 5 saturated carbocycles. The average molecular weight is 1820 g/mol. The minimum absolute atomic E-state index is 0.312. The Morgan fingerprint density at radius 1 is 0.289 bits per heavy atom. The van der Waals surface area contributed by atoms with Crippen LogP contribution in [0.4, 0.5) is 0 Å². The standard InChI is InChI=1S/2C7H14.C6H12O.2C5H11N.C5H9N.C5H10.C5H8.C4H9NO2S.C4H9NO.C4H9NS.C4H5NS.C4H9N.C4H7N.C4H8O2S.C4H6OS.C4H8O.C4H8S.2C4H8.C3H5NO/c3*1-2-4-6-7-5-3-1;3*1-2-4-6-5-3-1;2*1-2-4-5-3-1;6-8(7)3-1-5-2-4-8;3*1-3-6-4-2-5-1;2*1-2-4-5-3-1;5-7(6)3-1-2-4-7;5-4-2-1-3-6-4;2*1-2-4-5-3-1;2*1-2-4-3-1;1-2-5-3-4-1/h2*1-7H2;1-6H2;2*6H,1-5H2;2,4,6H,1,3,5H2;1-5H2;1-2H,3-5H2;5H,1-4H2;2*5H,1-4H2;1-5H;5H,1-4H2;3H,1-2,4H2;1-4H2;1-3H2;2*1-4H2;2*1-4H2;3H,1-2H2. The quantitative estimate of drug-likeness (QED) is 0.0830. The Morgan fingerprint density at radius 2 is 0.669 bits per heavy atom. The van der Waals surface area contributed by atoms with Crippen LogP contribution in [0.15, 0.2) is 57.6 Å². The van der Waals surface area contributed by atoms with Crippen molar-refractivity contribution in [3.63, 3.8) is 0 Å². The Morgan fingerprint density at radius 3 is 0.826 bits per heavy atom. The van der Waals surface area contributed by atoms with Crippen molar-refractivity contribution in [2.24, 2.45) is 9.98 Å². The highest BCUT2D eigenvalue weighted by Gasteiger charge is 2.17. The lowest BCUT2D eigenvalue weighted by molar-refractivity contribution is -0.110. The van der Waals surface area contributed by atoms with Gasteiger partial charge in [-0.3, -0.25) is 14.8 Å². The van der Waals surface area contributed by atoms with Gasteiger partial charge in [0.05, 0.1) is 42.8 Å². The third-order valence-corrected chi connectivity index (χ3v) is 28.7. The lowest BCUT2D eigenvalue weighted by Crippen LogP contribution is -2.35. The van der Waals surface area contributed by atoms with Gasteiger partial charge in [-0.1, -0.05) is 229 Å². The van der Waals surface area contributed by atoms with Crippen LogP contribution in [0.1, 0.15) is 347 Å². The first-order valence-corrected chi connectivity index (χ1v) is 57.7. The molecule has 19 nitrogen and oxygen atoms in total. The Labute approximate surface area is 762 Å². The van der Waals surface area contributed by atoms with E-state index in [1.165, 1.54) is 415 Å². The predicted octanol–water partition coefficient (Wildman–Crippen LogP) is 21.2. The number of sulfone groups is 2. The van der Waals surface area contributed by atoms with Crippen LogP contribution in [0.2, 0.25) is 0 Å². The fraction of sp³-hybridized carbons (Fsp3) is 0.885. The maximum Gasteiger partial charge on any atom is 0.188 e. The maximum atomic E-state index is 10.6. The van der Waals surface area contributed by atoms with Crippen LogP contribution in [-0.2, 0) is 43.4 Å². The number of rotatable bonds is 0. The molecule has 16 fully saturated rings. The summed E-state index contributed by atoms with van der Waals surface area (Å²) in [5.74, 6) is 7.97. The molecule has 0 aromatic carbocycles. The summed E-state index contributed by atoms with van der Waals surface area (Å²) in [6, 6.07) is 0. The first kappa shape index (κ1) is 117. The van der Waals surface area contributed by atoms with Crippen LogP contribution in [0.5, 0.6) is 0 Å². The molecule has 0 bridgehead atoms. The van der Waals surface area contributed by atoms with E-state index in [1.807, 2.05) is 47.4 Å². The van der Waals surface area contributed by atoms with E-state index < -0.39 is 19.7 Å². The number of thioether (sulfide) groups is 4. The molecule has 21 rings (SSSR count).